The number of carbonyl (C=O) groups is 3. The molecule has 1 unspecified atom stereocenters. The van der Waals surface area contributed by atoms with Gasteiger partial charge in [-0.2, -0.15) is 0 Å². The molecular weight excluding hydrogens is 901 g/mol. The Hall–Kier alpha value is -2.89. The first-order chi connectivity index (χ1) is 36.0. The number of rotatable bonds is 58. The third-order valence-corrected chi connectivity index (χ3v) is 14.0. The molecule has 0 aliphatic heterocycles. The molecule has 0 radical (unpaired) electrons. The maximum Gasteiger partial charge on any atom is 0.306 e. The first kappa shape index (κ1) is 70.1. The highest BCUT2D eigenvalue weighted by Crippen LogP contribution is 2.17. The topological polar surface area (TPSA) is 78.9 Å². The minimum atomic E-state index is -0.798. The van der Waals surface area contributed by atoms with Crippen LogP contribution in [0.25, 0.3) is 0 Å². The lowest BCUT2D eigenvalue weighted by Crippen LogP contribution is -2.30. The Labute approximate surface area is 453 Å². The van der Waals surface area contributed by atoms with E-state index in [9.17, 15) is 14.4 Å². The summed E-state index contributed by atoms with van der Waals surface area (Å²) < 4.78 is 16.9. The number of unbranched alkanes of at least 4 members (excludes halogenated alkanes) is 37. The van der Waals surface area contributed by atoms with E-state index in [1.54, 1.807) is 0 Å². The van der Waals surface area contributed by atoms with E-state index in [-0.39, 0.29) is 37.5 Å². The summed E-state index contributed by atoms with van der Waals surface area (Å²) in [5, 5.41) is 0. The number of ether oxygens (including phenoxy) is 3. The molecule has 0 fully saturated rings. The molecule has 0 amide bonds. The van der Waals surface area contributed by atoms with Gasteiger partial charge in [0.2, 0.25) is 0 Å². The molecule has 0 aromatic rings. The van der Waals surface area contributed by atoms with Crippen molar-refractivity contribution in [2.75, 3.05) is 13.2 Å². The summed E-state index contributed by atoms with van der Waals surface area (Å²) >= 11 is 0. The second-order valence-electron chi connectivity index (χ2n) is 21.3. The van der Waals surface area contributed by atoms with E-state index >= 15 is 0 Å². The maximum absolute atomic E-state index is 12.8. The Balaban J connectivity index is 4.23. The van der Waals surface area contributed by atoms with Crippen LogP contribution < -0.4 is 0 Å². The van der Waals surface area contributed by atoms with Crippen LogP contribution in [0.15, 0.2) is 60.8 Å². The second kappa shape index (κ2) is 61.7. The molecule has 0 rings (SSSR count). The summed E-state index contributed by atoms with van der Waals surface area (Å²) in [6, 6.07) is 0. The van der Waals surface area contributed by atoms with Crippen LogP contribution in [0, 0.1) is 0 Å². The number of carbonyl (C=O) groups excluding carboxylic acids is 3. The van der Waals surface area contributed by atoms with Crippen LogP contribution >= 0.6 is 0 Å². The SMILES string of the molecule is CC/C=C\C/C=C\C/C=C\C/C=C\CCCCC(=O)OC(COC(=O)CCCCCCC/C=C\CCCCCC)COC(=O)CCCCCCCCCCCCCCCCCCCCCCCCCCCCC. The average molecular weight is 1020 g/mol. The van der Waals surface area contributed by atoms with Gasteiger partial charge in [0.25, 0.3) is 0 Å². The summed E-state index contributed by atoms with van der Waals surface area (Å²) in [5.41, 5.74) is 0. The highest BCUT2D eigenvalue weighted by atomic mass is 16.6. The standard InChI is InChI=1S/C67H120O6/c1-4-7-10-13-16-19-22-25-27-28-29-30-31-32-33-34-35-36-37-38-40-42-45-48-51-54-57-60-66(69)72-63-64(62-71-65(68)59-56-53-50-47-44-41-24-21-18-15-12-9-6-3)73-67(70)61-58-55-52-49-46-43-39-26-23-20-17-14-11-8-5-2/h8,11,17,20-21,24,26,39,46,49,64H,4-7,9-10,12-16,18-19,22-23,25,27-38,40-45,47-48,50-63H2,1-3H3/b11-8-,20-17-,24-21-,39-26-,49-46-. The molecule has 0 aromatic carbocycles. The van der Waals surface area contributed by atoms with Gasteiger partial charge in [-0.15, -0.1) is 0 Å². The molecule has 0 aromatic heterocycles. The van der Waals surface area contributed by atoms with Crippen LogP contribution in [0.2, 0.25) is 0 Å². The van der Waals surface area contributed by atoms with Crippen molar-refractivity contribution in [2.45, 2.75) is 335 Å². The molecule has 1 atom stereocenters. The average Bonchev–Trinajstić information content (AvgIpc) is 3.39. The number of hydrogen-bond donors (Lipinski definition) is 0. The number of allylic oxidation sites excluding steroid dienone is 10. The Morgan fingerprint density at radius 3 is 0.890 bits per heavy atom. The lowest BCUT2D eigenvalue weighted by molar-refractivity contribution is -0.167. The van der Waals surface area contributed by atoms with Crippen molar-refractivity contribution >= 4 is 17.9 Å². The van der Waals surface area contributed by atoms with E-state index in [0.29, 0.717) is 19.3 Å². The van der Waals surface area contributed by atoms with Crippen LogP contribution in [0.5, 0.6) is 0 Å². The quantitative estimate of drug-likeness (QED) is 0.0261. The lowest BCUT2D eigenvalue weighted by Gasteiger charge is -2.18. The van der Waals surface area contributed by atoms with Crippen molar-refractivity contribution in [1.82, 2.24) is 0 Å². The molecule has 0 spiro atoms. The first-order valence-electron chi connectivity index (χ1n) is 31.8. The van der Waals surface area contributed by atoms with E-state index in [2.05, 4.69) is 81.5 Å². The van der Waals surface area contributed by atoms with Gasteiger partial charge in [0.05, 0.1) is 0 Å². The number of esters is 3. The lowest BCUT2D eigenvalue weighted by atomic mass is 10.0. The highest BCUT2D eigenvalue weighted by molar-refractivity contribution is 5.71. The summed E-state index contributed by atoms with van der Waals surface area (Å²) in [5.74, 6) is -0.927. The molecule has 0 saturated heterocycles. The van der Waals surface area contributed by atoms with Gasteiger partial charge in [0.1, 0.15) is 13.2 Å². The predicted octanol–water partition coefficient (Wildman–Crippen LogP) is 21.6. The van der Waals surface area contributed by atoms with Crippen LogP contribution in [-0.2, 0) is 28.6 Å². The van der Waals surface area contributed by atoms with Crippen molar-refractivity contribution in [2.24, 2.45) is 0 Å². The summed E-state index contributed by atoms with van der Waals surface area (Å²) in [4.78, 5) is 38.2. The summed E-state index contributed by atoms with van der Waals surface area (Å²) in [6.07, 6.45) is 78.2. The number of hydrogen-bond acceptors (Lipinski definition) is 6. The minimum absolute atomic E-state index is 0.0908. The highest BCUT2D eigenvalue weighted by Gasteiger charge is 2.19. The Kier molecular flexibility index (Phi) is 59.2. The van der Waals surface area contributed by atoms with Crippen molar-refractivity contribution in [3.8, 4) is 0 Å². The fraction of sp³-hybridized carbons (Fsp3) is 0.806. The molecule has 6 heteroatoms. The molecule has 6 nitrogen and oxygen atoms in total. The predicted molar refractivity (Wildman–Crippen MR) is 316 cm³/mol. The monoisotopic (exact) mass is 1020 g/mol. The molecule has 0 aliphatic rings. The third-order valence-electron chi connectivity index (χ3n) is 14.0. The summed E-state index contributed by atoms with van der Waals surface area (Å²) in [7, 11) is 0. The zero-order chi connectivity index (χ0) is 52.9. The van der Waals surface area contributed by atoms with Crippen molar-refractivity contribution < 1.29 is 28.6 Å². The molecule has 0 N–H and O–H groups in total. The van der Waals surface area contributed by atoms with E-state index in [1.807, 2.05) is 0 Å². The Morgan fingerprint density at radius 1 is 0.288 bits per heavy atom. The van der Waals surface area contributed by atoms with Crippen LogP contribution in [0.4, 0.5) is 0 Å². The van der Waals surface area contributed by atoms with Gasteiger partial charge in [-0.25, -0.2) is 0 Å². The van der Waals surface area contributed by atoms with E-state index in [1.165, 1.54) is 199 Å². The first-order valence-corrected chi connectivity index (χ1v) is 31.8. The fourth-order valence-electron chi connectivity index (χ4n) is 9.25. The minimum Gasteiger partial charge on any atom is -0.462 e. The zero-order valence-electron chi connectivity index (χ0n) is 48.7. The molecule has 73 heavy (non-hydrogen) atoms. The third kappa shape index (κ3) is 59.9. The fourth-order valence-corrected chi connectivity index (χ4v) is 9.25. The van der Waals surface area contributed by atoms with Crippen LogP contribution in [0.3, 0.4) is 0 Å². The molecular formula is C67H120O6. The van der Waals surface area contributed by atoms with E-state index in [0.717, 1.165) is 83.5 Å². The van der Waals surface area contributed by atoms with E-state index < -0.39 is 6.10 Å². The van der Waals surface area contributed by atoms with Gasteiger partial charge in [0.15, 0.2) is 6.10 Å². The van der Waals surface area contributed by atoms with Crippen LogP contribution in [0.1, 0.15) is 329 Å². The van der Waals surface area contributed by atoms with E-state index in [4.69, 9.17) is 14.2 Å². The molecule has 0 saturated carbocycles. The molecule has 424 valence electrons. The van der Waals surface area contributed by atoms with Gasteiger partial charge in [0, 0.05) is 19.3 Å². The summed E-state index contributed by atoms with van der Waals surface area (Å²) in [6.45, 7) is 6.51. The Bertz CT molecular complexity index is 1310. The largest absolute Gasteiger partial charge is 0.462 e. The van der Waals surface area contributed by atoms with Crippen LogP contribution in [-0.4, -0.2) is 37.2 Å². The molecule has 0 bridgehead atoms. The zero-order valence-corrected chi connectivity index (χ0v) is 48.7. The molecule has 0 aliphatic carbocycles. The normalized spacial score (nSPS) is 12.4. The van der Waals surface area contributed by atoms with Crippen molar-refractivity contribution in [3.63, 3.8) is 0 Å². The van der Waals surface area contributed by atoms with Gasteiger partial charge >= 0.3 is 17.9 Å². The van der Waals surface area contributed by atoms with Gasteiger partial charge < -0.3 is 14.2 Å². The van der Waals surface area contributed by atoms with Crippen molar-refractivity contribution in [3.05, 3.63) is 60.8 Å². The van der Waals surface area contributed by atoms with Gasteiger partial charge in [-0.1, -0.05) is 287 Å². The molecule has 0 heterocycles. The Morgan fingerprint density at radius 2 is 0.534 bits per heavy atom. The smallest absolute Gasteiger partial charge is 0.306 e. The maximum atomic E-state index is 12.8. The van der Waals surface area contributed by atoms with Gasteiger partial charge in [-0.3, -0.25) is 14.4 Å². The second-order valence-corrected chi connectivity index (χ2v) is 21.3. The van der Waals surface area contributed by atoms with Crippen molar-refractivity contribution in [1.29, 1.82) is 0 Å². The van der Waals surface area contributed by atoms with Gasteiger partial charge in [-0.05, 0) is 83.5 Å².